The fourth-order valence-corrected chi connectivity index (χ4v) is 6.82. The number of amides is 2. The average Bonchev–Trinajstić information content (AvgIpc) is 3.21. The number of hydrogen-bond acceptors (Lipinski definition) is 8. The number of aliphatic hydroxyl groups is 2. The van der Waals surface area contributed by atoms with Gasteiger partial charge in [-0.2, -0.15) is 0 Å². The summed E-state index contributed by atoms with van der Waals surface area (Å²) in [5.74, 6) is -1.48. The molecule has 0 bridgehead atoms. The first-order valence-corrected chi connectivity index (χ1v) is 20.4. The number of benzene rings is 2. The molecule has 0 aliphatic rings. The van der Waals surface area contributed by atoms with Crippen molar-refractivity contribution in [2.24, 2.45) is 11.8 Å². The highest BCUT2D eigenvalue weighted by Crippen LogP contribution is 2.23. The molecule has 2 aromatic carbocycles. The van der Waals surface area contributed by atoms with Gasteiger partial charge < -0.3 is 41.3 Å². The van der Waals surface area contributed by atoms with Gasteiger partial charge in [-0.1, -0.05) is 100 Å². The highest BCUT2D eigenvalue weighted by atomic mass is 32.1. The lowest BCUT2D eigenvalue weighted by Gasteiger charge is -2.40. The average molecular weight is 827 g/mol. The first-order chi connectivity index (χ1) is 27.7. The SMILES string of the molecule is CC(C)[C@H](NC(=S)N(C)Cc1ccccn1)C(=O)N[C@@H](Cc1ccccc1)[C@@H](O)[C@](O)(CCc1ccccc1)NC(=O)[C@@H](NC(=S)N(C)Cc1ccccn1)C(C)C. The lowest BCUT2D eigenvalue weighted by atomic mass is 9.88. The summed E-state index contributed by atoms with van der Waals surface area (Å²) in [4.78, 5) is 40.9. The summed E-state index contributed by atoms with van der Waals surface area (Å²) < 4.78 is 0. The van der Waals surface area contributed by atoms with Crippen molar-refractivity contribution >= 4 is 46.5 Å². The van der Waals surface area contributed by atoms with Crippen LogP contribution in [0.5, 0.6) is 0 Å². The molecular weight excluding hydrogens is 769 g/mol. The van der Waals surface area contributed by atoms with Crippen molar-refractivity contribution in [3.05, 3.63) is 132 Å². The maximum atomic E-state index is 14.3. The van der Waals surface area contributed by atoms with Crippen LogP contribution in [-0.2, 0) is 35.5 Å². The lowest BCUT2D eigenvalue weighted by Crippen LogP contribution is -2.67. The van der Waals surface area contributed by atoms with Crippen molar-refractivity contribution in [1.82, 2.24) is 41.0 Å². The zero-order valence-corrected chi connectivity index (χ0v) is 35.8. The molecule has 0 spiro atoms. The van der Waals surface area contributed by atoms with E-state index >= 15 is 0 Å². The standard InChI is InChI=1S/C44H58N8O4S2/c1-30(2)37(48-42(57)51(5)28-34-21-13-15-25-45-34)40(54)47-36(27-33-19-11-8-12-20-33)39(53)44(56,24-23-32-17-9-7-10-18-32)50-41(55)38(31(3)4)49-43(58)52(6)29-35-22-14-16-26-46-35/h7-22,25-26,30-31,36-39,53,56H,23-24,27-29H2,1-6H3,(H,47,54)(H,48,57)(H,49,58)(H,50,55)/t36-,37-,38-,39+,44+/m0/s1. The van der Waals surface area contributed by atoms with E-state index in [2.05, 4.69) is 31.2 Å². The first kappa shape index (κ1) is 45.7. The number of nitrogens with one attached hydrogen (secondary N) is 4. The largest absolute Gasteiger partial charge is 0.386 e. The maximum Gasteiger partial charge on any atom is 0.245 e. The number of aliphatic hydroxyl groups excluding tert-OH is 1. The van der Waals surface area contributed by atoms with Gasteiger partial charge in [0.2, 0.25) is 11.8 Å². The van der Waals surface area contributed by atoms with E-state index < -0.39 is 41.8 Å². The van der Waals surface area contributed by atoms with Crippen LogP contribution in [-0.4, -0.2) is 96.1 Å². The third-order valence-corrected chi connectivity index (χ3v) is 10.7. The van der Waals surface area contributed by atoms with Crippen molar-refractivity contribution < 1.29 is 19.8 Å². The van der Waals surface area contributed by atoms with Crippen molar-refractivity contribution in [3.63, 3.8) is 0 Å². The molecule has 6 N–H and O–H groups in total. The van der Waals surface area contributed by atoms with E-state index in [1.807, 2.05) is 132 Å². The molecule has 12 nitrogen and oxygen atoms in total. The van der Waals surface area contributed by atoms with Gasteiger partial charge in [0.1, 0.15) is 18.2 Å². The molecule has 4 aromatic rings. The molecule has 5 atom stereocenters. The van der Waals surface area contributed by atoms with E-state index in [1.165, 1.54) is 0 Å². The zero-order valence-electron chi connectivity index (χ0n) is 34.2. The number of aryl methyl sites for hydroxylation is 1. The molecule has 4 rings (SSSR count). The second-order valence-electron chi connectivity index (χ2n) is 15.3. The predicted molar refractivity (Wildman–Crippen MR) is 236 cm³/mol. The first-order valence-electron chi connectivity index (χ1n) is 19.6. The van der Waals surface area contributed by atoms with Crippen molar-refractivity contribution in [3.8, 4) is 0 Å². The van der Waals surface area contributed by atoms with Crippen LogP contribution < -0.4 is 21.3 Å². The van der Waals surface area contributed by atoms with Crippen LogP contribution in [0.3, 0.4) is 0 Å². The summed E-state index contributed by atoms with van der Waals surface area (Å²) in [6, 6.07) is 27.4. The van der Waals surface area contributed by atoms with Gasteiger partial charge in [-0.3, -0.25) is 19.6 Å². The van der Waals surface area contributed by atoms with Gasteiger partial charge in [-0.15, -0.1) is 0 Å². The van der Waals surface area contributed by atoms with Crippen LogP contribution in [0.4, 0.5) is 0 Å². The van der Waals surface area contributed by atoms with Gasteiger partial charge in [0.05, 0.1) is 30.5 Å². The van der Waals surface area contributed by atoms with Crippen LogP contribution >= 0.6 is 24.4 Å². The molecule has 0 radical (unpaired) electrons. The Morgan fingerprint density at radius 1 is 0.672 bits per heavy atom. The van der Waals surface area contributed by atoms with E-state index in [4.69, 9.17) is 24.4 Å². The van der Waals surface area contributed by atoms with Gasteiger partial charge in [0.25, 0.3) is 0 Å². The molecule has 2 aromatic heterocycles. The van der Waals surface area contributed by atoms with Gasteiger partial charge in [-0.05, 0) is 84.5 Å². The number of thiocarbonyl (C=S) groups is 2. The van der Waals surface area contributed by atoms with E-state index in [0.717, 1.165) is 22.5 Å². The third-order valence-electron chi connectivity index (χ3n) is 9.87. The Balaban J connectivity index is 1.61. The molecule has 2 amide bonds. The molecular formula is C44H58N8O4S2. The molecule has 310 valence electrons. The summed E-state index contributed by atoms with van der Waals surface area (Å²) >= 11 is 11.4. The summed E-state index contributed by atoms with van der Waals surface area (Å²) in [5, 5.41) is 37.9. The van der Waals surface area contributed by atoms with Crippen LogP contribution in [0, 0.1) is 11.8 Å². The van der Waals surface area contributed by atoms with E-state index in [1.54, 1.807) is 29.2 Å². The van der Waals surface area contributed by atoms with E-state index in [0.29, 0.717) is 29.7 Å². The topological polar surface area (TPSA) is 155 Å². The number of pyridine rings is 2. The molecule has 58 heavy (non-hydrogen) atoms. The number of aromatic nitrogens is 2. The number of carbonyl (C=O) groups is 2. The molecule has 0 aliphatic carbocycles. The van der Waals surface area contributed by atoms with Gasteiger partial charge in [0.15, 0.2) is 15.9 Å². The highest BCUT2D eigenvalue weighted by molar-refractivity contribution is 7.80. The smallest absolute Gasteiger partial charge is 0.245 e. The maximum absolute atomic E-state index is 14.3. The van der Waals surface area contributed by atoms with Crippen molar-refractivity contribution in [2.45, 2.75) is 90.0 Å². The quantitative estimate of drug-likeness (QED) is 0.0588. The Kier molecular flexibility index (Phi) is 17.5. The van der Waals surface area contributed by atoms with E-state index in [9.17, 15) is 19.8 Å². The molecule has 0 aliphatic heterocycles. The Morgan fingerprint density at radius 3 is 1.57 bits per heavy atom. The second-order valence-corrected chi connectivity index (χ2v) is 16.1. The Morgan fingerprint density at radius 2 is 1.12 bits per heavy atom. The van der Waals surface area contributed by atoms with Crippen LogP contribution in [0.25, 0.3) is 0 Å². The molecule has 0 saturated heterocycles. The summed E-state index contributed by atoms with van der Waals surface area (Å²) in [7, 11) is 3.63. The minimum Gasteiger partial charge on any atom is -0.386 e. The van der Waals surface area contributed by atoms with Crippen LogP contribution in [0.1, 0.15) is 56.6 Å². The second kappa shape index (κ2) is 22.2. The summed E-state index contributed by atoms with van der Waals surface area (Å²) in [6.45, 7) is 8.38. The molecule has 0 unspecified atom stereocenters. The van der Waals surface area contributed by atoms with Crippen LogP contribution in [0.2, 0.25) is 0 Å². The minimum absolute atomic E-state index is 0.0613. The number of rotatable bonds is 19. The third kappa shape index (κ3) is 13.8. The number of hydrogen-bond donors (Lipinski definition) is 6. The zero-order chi connectivity index (χ0) is 42.2. The molecule has 0 fully saturated rings. The predicted octanol–water partition coefficient (Wildman–Crippen LogP) is 4.36. The summed E-state index contributed by atoms with van der Waals surface area (Å²) in [5.41, 5.74) is 1.13. The Labute approximate surface area is 353 Å². The van der Waals surface area contributed by atoms with Crippen molar-refractivity contribution in [2.75, 3.05) is 14.1 Å². The van der Waals surface area contributed by atoms with Gasteiger partial charge in [0, 0.05) is 32.9 Å². The Hall–Kier alpha value is -5.02. The van der Waals surface area contributed by atoms with Gasteiger partial charge in [-0.25, -0.2) is 0 Å². The van der Waals surface area contributed by atoms with E-state index in [-0.39, 0.29) is 24.7 Å². The van der Waals surface area contributed by atoms with Crippen molar-refractivity contribution in [1.29, 1.82) is 0 Å². The molecule has 14 heteroatoms. The molecule has 2 heterocycles. The fourth-order valence-electron chi connectivity index (χ4n) is 6.44. The normalized spacial score (nSPS) is 14.3. The summed E-state index contributed by atoms with van der Waals surface area (Å²) in [6.07, 6.45) is 2.16. The monoisotopic (exact) mass is 826 g/mol. The number of carbonyl (C=O) groups excluding carboxylic acids is 2. The van der Waals surface area contributed by atoms with Crippen LogP contribution in [0.15, 0.2) is 109 Å². The van der Waals surface area contributed by atoms with Gasteiger partial charge >= 0.3 is 0 Å². The number of nitrogens with zero attached hydrogens (tertiary/aromatic N) is 4. The molecule has 0 saturated carbocycles. The lowest BCUT2D eigenvalue weighted by molar-refractivity contribution is -0.150. The fraction of sp³-hybridized carbons (Fsp3) is 0.409. The highest BCUT2D eigenvalue weighted by Gasteiger charge is 2.44. The minimum atomic E-state index is -2.20. The Bertz CT molecular complexity index is 1890.